The van der Waals surface area contributed by atoms with E-state index >= 15 is 0 Å². The van der Waals surface area contributed by atoms with Crippen LogP contribution < -0.4 is 10.1 Å². The minimum absolute atomic E-state index is 0.0840. The molecule has 0 spiro atoms. The molecule has 3 aromatic carbocycles. The van der Waals surface area contributed by atoms with Gasteiger partial charge in [-0.25, -0.2) is 4.98 Å². The standard InChI is InChI=1S/C28H29N3O2S/c1-5-33-24-16-14-23(15-17-24)29-27(32)20(4)34-28-30-25(21-10-6-18(2)7-11-21)26(31-28)22-12-8-19(3)9-13-22/h6-17,20H,5H2,1-4H3,(H,29,32)(H,30,31). The van der Waals surface area contributed by atoms with Gasteiger partial charge >= 0.3 is 0 Å². The van der Waals surface area contributed by atoms with Gasteiger partial charge in [0.1, 0.15) is 5.75 Å². The van der Waals surface area contributed by atoms with Gasteiger partial charge in [-0.3, -0.25) is 4.79 Å². The number of rotatable bonds is 8. The van der Waals surface area contributed by atoms with Crippen LogP contribution in [0.15, 0.2) is 78.0 Å². The number of carbonyl (C=O) groups excluding carboxylic acids is 1. The number of hydrogen-bond acceptors (Lipinski definition) is 4. The molecule has 0 saturated carbocycles. The van der Waals surface area contributed by atoms with E-state index in [-0.39, 0.29) is 11.2 Å². The summed E-state index contributed by atoms with van der Waals surface area (Å²) in [6.07, 6.45) is 0. The second kappa shape index (κ2) is 10.6. The van der Waals surface area contributed by atoms with Gasteiger partial charge < -0.3 is 15.0 Å². The Kier molecular flexibility index (Phi) is 7.38. The molecule has 0 aliphatic heterocycles. The number of aryl methyl sites for hydroxylation is 2. The molecule has 1 atom stereocenters. The Morgan fingerprint density at radius 2 is 1.53 bits per heavy atom. The molecule has 1 unspecified atom stereocenters. The third-order valence-corrected chi connectivity index (χ3v) is 6.42. The fourth-order valence-corrected chi connectivity index (χ4v) is 4.33. The van der Waals surface area contributed by atoms with Crippen LogP contribution in [0.25, 0.3) is 22.5 Å². The summed E-state index contributed by atoms with van der Waals surface area (Å²) in [5, 5.41) is 3.34. The smallest absolute Gasteiger partial charge is 0.237 e. The number of imidazole rings is 1. The first-order valence-electron chi connectivity index (χ1n) is 11.4. The number of H-pyrrole nitrogens is 1. The quantitative estimate of drug-likeness (QED) is 0.275. The molecule has 0 bridgehead atoms. The third kappa shape index (κ3) is 5.69. The molecule has 0 aliphatic carbocycles. The average Bonchev–Trinajstić information content (AvgIpc) is 3.25. The van der Waals surface area contributed by atoms with Crippen molar-refractivity contribution < 1.29 is 9.53 Å². The minimum atomic E-state index is -0.338. The molecule has 0 saturated heterocycles. The maximum absolute atomic E-state index is 12.8. The summed E-state index contributed by atoms with van der Waals surface area (Å²) in [5.74, 6) is 0.699. The lowest BCUT2D eigenvalue weighted by Crippen LogP contribution is -2.22. The number of carbonyl (C=O) groups is 1. The maximum atomic E-state index is 12.8. The van der Waals surface area contributed by atoms with Crippen LogP contribution in [0.2, 0.25) is 0 Å². The molecule has 4 rings (SSSR count). The molecule has 4 aromatic rings. The predicted octanol–water partition coefficient (Wildman–Crippen LogP) is 6.88. The van der Waals surface area contributed by atoms with Gasteiger partial charge in [0.05, 0.1) is 23.2 Å². The van der Waals surface area contributed by atoms with E-state index in [4.69, 9.17) is 9.72 Å². The normalized spacial score (nSPS) is 11.8. The number of benzene rings is 3. The second-order valence-electron chi connectivity index (χ2n) is 8.20. The largest absolute Gasteiger partial charge is 0.494 e. The number of thioether (sulfide) groups is 1. The van der Waals surface area contributed by atoms with E-state index in [1.54, 1.807) is 0 Å². The van der Waals surface area contributed by atoms with Crippen molar-refractivity contribution in [2.75, 3.05) is 11.9 Å². The van der Waals surface area contributed by atoms with Crippen LogP contribution in [0.5, 0.6) is 5.75 Å². The lowest BCUT2D eigenvalue weighted by Gasteiger charge is -2.11. The van der Waals surface area contributed by atoms with E-state index < -0.39 is 0 Å². The number of nitrogens with one attached hydrogen (secondary N) is 2. The van der Waals surface area contributed by atoms with Crippen LogP contribution in [-0.4, -0.2) is 27.7 Å². The van der Waals surface area contributed by atoms with E-state index in [0.29, 0.717) is 11.8 Å². The number of ether oxygens (including phenoxy) is 1. The summed E-state index contributed by atoms with van der Waals surface area (Å²) in [6, 6.07) is 24.1. The average molecular weight is 472 g/mol. The van der Waals surface area contributed by atoms with Crippen molar-refractivity contribution in [1.29, 1.82) is 0 Å². The van der Waals surface area contributed by atoms with Crippen LogP contribution >= 0.6 is 11.8 Å². The highest BCUT2D eigenvalue weighted by Crippen LogP contribution is 2.34. The van der Waals surface area contributed by atoms with Gasteiger partial charge in [-0.2, -0.15) is 0 Å². The molecule has 1 heterocycles. The molecule has 1 aromatic heterocycles. The Balaban J connectivity index is 1.55. The Hall–Kier alpha value is -3.51. The van der Waals surface area contributed by atoms with Gasteiger partial charge in [-0.05, 0) is 52.0 Å². The van der Waals surface area contributed by atoms with Crippen molar-refractivity contribution in [1.82, 2.24) is 9.97 Å². The van der Waals surface area contributed by atoms with Gasteiger partial charge in [-0.15, -0.1) is 0 Å². The number of anilines is 1. The van der Waals surface area contributed by atoms with Crippen LogP contribution in [0, 0.1) is 13.8 Å². The van der Waals surface area contributed by atoms with Gasteiger partial charge in [0.2, 0.25) is 5.91 Å². The SMILES string of the molecule is CCOc1ccc(NC(=O)C(C)Sc2nc(-c3ccc(C)cc3)c(-c3ccc(C)cc3)[nH]2)cc1. The van der Waals surface area contributed by atoms with Crippen LogP contribution in [0.4, 0.5) is 5.69 Å². The molecule has 0 radical (unpaired) electrons. The Morgan fingerprint density at radius 1 is 0.941 bits per heavy atom. The number of nitrogens with zero attached hydrogens (tertiary/aromatic N) is 1. The molecule has 6 heteroatoms. The van der Waals surface area contributed by atoms with Crippen molar-refractivity contribution in [3.8, 4) is 28.3 Å². The van der Waals surface area contributed by atoms with E-state index in [1.165, 1.54) is 22.9 Å². The van der Waals surface area contributed by atoms with Crippen molar-refractivity contribution in [2.45, 2.75) is 38.1 Å². The topological polar surface area (TPSA) is 67.0 Å². The van der Waals surface area contributed by atoms with Gasteiger partial charge in [-0.1, -0.05) is 71.4 Å². The van der Waals surface area contributed by atoms with Crippen LogP contribution in [-0.2, 0) is 4.79 Å². The fraction of sp³-hybridized carbons (Fsp3) is 0.214. The zero-order valence-electron chi connectivity index (χ0n) is 19.9. The van der Waals surface area contributed by atoms with Crippen molar-refractivity contribution >= 4 is 23.4 Å². The lowest BCUT2D eigenvalue weighted by molar-refractivity contribution is -0.115. The van der Waals surface area contributed by atoms with Gasteiger partial charge in [0.15, 0.2) is 5.16 Å². The highest BCUT2D eigenvalue weighted by atomic mass is 32.2. The molecule has 174 valence electrons. The zero-order valence-corrected chi connectivity index (χ0v) is 20.7. The molecule has 1 amide bonds. The highest BCUT2D eigenvalue weighted by molar-refractivity contribution is 8.00. The monoisotopic (exact) mass is 471 g/mol. The van der Waals surface area contributed by atoms with Crippen LogP contribution in [0.3, 0.4) is 0 Å². The van der Waals surface area contributed by atoms with Crippen LogP contribution in [0.1, 0.15) is 25.0 Å². The molecule has 34 heavy (non-hydrogen) atoms. The minimum Gasteiger partial charge on any atom is -0.494 e. The summed E-state index contributed by atoms with van der Waals surface area (Å²) in [5.41, 5.74) is 7.07. The van der Waals surface area contributed by atoms with Crippen molar-refractivity contribution in [2.24, 2.45) is 0 Å². The second-order valence-corrected chi connectivity index (χ2v) is 9.53. The molecule has 5 nitrogen and oxygen atoms in total. The lowest BCUT2D eigenvalue weighted by atomic mass is 10.0. The molecule has 2 N–H and O–H groups in total. The van der Waals surface area contributed by atoms with Crippen molar-refractivity contribution in [3.63, 3.8) is 0 Å². The van der Waals surface area contributed by atoms with E-state index in [9.17, 15) is 4.79 Å². The van der Waals surface area contributed by atoms with E-state index in [2.05, 4.69) is 72.7 Å². The molecular formula is C28H29N3O2S. The highest BCUT2D eigenvalue weighted by Gasteiger charge is 2.20. The summed E-state index contributed by atoms with van der Waals surface area (Å²) >= 11 is 1.41. The summed E-state index contributed by atoms with van der Waals surface area (Å²) in [7, 11) is 0. The summed E-state index contributed by atoms with van der Waals surface area (Å²) < 4.78 is 5.46. The fourth-order valence-electron chi connectivity index (χ4n) is 3.52. The third-order valence-electron chi connectivity index (χ3n) is 5.44. The number of hydrogen-bond donors (Lipinski definition) is 2. The first-order valence-corrected chi connectivity index (χ1v) is 12.3. The number of aromatic nitrogens is 2. The zero-order chi connectivity index (χ0) is 24.1. The van der Waals surface area contributed by atoms with Gasteiger partial charge in [0, 0.05) is 16.8 Å². The Morgan fingerprint density at radius 3 is 2.12 bits per heavy atom. The van der Waals surface area contributed by atoms with Gasteiger partial charge in [0.25, 0.3) is 0 Å². The van der Waals surface area contributed by atoms with E-state index in [1.807, 2.05) is 38.1 Å². The Labute approximate surface area is 205 Å². The van der Waals surface area contributed by atoms with E-state index in [0.717, 1.165) is 34.0 Å². The Bertz CT molecular complexity index is 1180. The molecule has 0 fully saturated rings. The summed E-state index contributed by atoms with van der Waals surface area (Å²) in [6.45, 7) is 8.58. The first-order chi connectivity index (χ1) is 16.4. The first kappa shape index (κ1) is 23.6. The number of aromatic amines is 1. The number of amides is 1. The summed E-state index contributed by atoms with van der Waals surface area (Å²) in [4.78, 5) is 21.2. The maximum Gasteiger partial charge on any atom is 0.237 e. The van der Waals surface area contributed by atoms with Crippen molar-refractivity contribution in [3.05, 3.63) is 83.9 Å². The molecule has 0 aliphatic rings. The molecular weight excluding hydrogens is 442 g/mol. The predicted molar refractivity (Wildman–Crippen MR) is 140 cm³/mol.